The van der Waals surface area contributed by atoms with Gasteiger partial charge in [0.25, 0.3) is 0 Å². The Hall–Kier alpha value is -2.61. The number of benzene rings is 2. The normalized spacial score (nSPS) is 15.0. The molecule has 1 atom stereocenters. The number of hydrogen-bond donors (Lipinski definition) is 1. The Bertz CT molecular complexity index is 1090. The number of hydrogen-bond acceptors (Lipinski definition) is 4. The number of rotatable bonds is 10. The van der Waals surface area contributed by atoms with E-state index in [0.717, 1.165) is 55.4 Å². The second-order valence-electron chi connectivity index (χ2n) is 9.09. The maximum Gasteiger partial charge on any atom is 0.127 e. The smallest absolute Gasteiger partial charge is 0.127 e. The summed E-state index contributed by atoms with van der Waals surface area (Å²) in [5, 5.41) is 15.4. The van der Waals surface area contributed by atoms with Crippen LogP contribution in [0.15, 0.2) is 48.5 Å². The van der Waals surface area contributed by atoms with Crippen LogP contribution >= 0.6 is 0 Å². The number of para-hydroxylation sites is 1. The van der Waals surface area contributed by atoms with Crippen molar-refractivity contribution in [2.24, 2.45) is 0 Å². The molecule has 2 aromatic carbocycles. The van der Waals surface area contributed by atoms with Crippen molar-refractivity contribution in [3.8, 4) is 5.69 Å². The number of fused-ring (bicyclic) bond motifs is 1. The summed E-state index contributed by atoms with van der Waals surface area (Å²) in [5.41, 5.74) is 4.69. The molecule has 0 fully saturated rings. The first-order chi connectivity index (χ1) is 16.5. The molecule has 0 aliphatic carbocycles. The van der Waals surface area contributed by atoms with Crippen molar-refractivity contribution in [2.75, 3.05) is 19.6 Å². The van der Waals surface area contributed by atoms with E-state index in [0.29, 0.717) is 31.7 Å². The van der Waals surface area contributed by atoms with Crippen molar-refractivity contribution in [1.29, 1.82) is 0 Å². The van der Waals surface area contributed by atoms with E-state index in [9.17, 15) is 13.9 Å². The highest BCUT2D eigenvalue weighted by Crippen LogP contribution is 2.28. The molecule has 0 saturated heterocycles. The molecular formula is C27H34F2N4O. The Kier molecular flexibility index (Phi) is 8.08. The van der Waals surface area contributed by atoms with Crippen LogP contribution in [0.25, 0.3) is 5.69 Å². The van der Waals surface area contributed by atoms with Crippen LogP contribution in [0.4, 0.5) is 8.78 Å². The number of nitrogens with zero attached hydrogens (tertiary/aromatic N) is 4. The lowest BCUT2D eigenvalue weighted by Gasteiger charge is -2.29. The van der Waals surface area contributed by atoms with E-state index in [1.54, 1.807) is 0 Å². The average molecular weight is 469 g/mol. The van der Waals surface area contributed by atoms with Gasteiger partial charge in [0.2, 0.25) is 0 Å². The van der Waals surface area contributed by atoms with E-state index < -0.39 is 5.82 Å². The van der Waals surface area contributed by atoms with Crippen LogP contribution in [0, 0.1) is 11.6 Å². The zero-order valence-electron chi connectivity index (χ0n) is 20.1. The van der Waals surface area contributed by atoms with Gasteiger partial charge in [-0.15, -0.1) is 0 Å². The van der Waals surface area contributed by atoms with Gasteiger partial charge in [-0.05, 0) is 43.3 Å². The fourth-order valence-corrected chi connectivity index (χ4v) is 4.73. The van der Waals surface area contributed by atoms with Crippen molar-refractivity contribution < 1.29 is 13.9 Å². The summed E-state index contributed by atoms with van der Waals surface area (Å²) >= 11 is 0. The maximum atomic E-state index is 14.3. The molecule has 5 nitrogen and oxygen atoms in total. The molecule has 1 aliphatic heterocycles. The van der Waals surface area contributed by atoms with Gasteiger partial charge in [-0.25, -0.2) is 13.5 Å². The van der Waals surface area contributed by atoms with E-state index in [4.69, 9.17) is 5.10 Å². The Morgan fingerprint density at radius 2 is 1.91 bits per heavy atom. The molecule has 7 heteroatoms. The molecule has 4 rings (SSSR count). The highest BCUT2D eigenvalue weighted by molar-refractivity contribution is 5.39. The maximum absolute atomic E-state index is 14.3. The summed E-state index contributed by atoms with van der Waals surface area (Å²) in [7, 11) is 0. The minimum Gasteiger partial charge on any atom is -0.392 e. The van der Waals surface area contributed by atoms with Crippen LogP contribution in [0.2, 0.25) is 0 Å². The first kappa shape index (κ1) is 24.5. The minimum atomic E-state index is -0.420. The lowest BCUT2D eigenvalue weighted by atomic mass is 10.0. The average Bonchev–Trinajstić information content (AvgIpc) is 3.19. The van der Waals surface area contributed by atoms with Crippen LogP contribution in [-0.4, -0.2) is 50.4 Å². The molecule has 1 aliphatic rings. The van der Waals surface area contributed by atoms with E-state index in [2.05, 4.69) is 23.6 Å². The lowest BCUT2D eigenvalue weighted by Crippen LogP contribution is -2.34. The predicted octanol–water partition coefficient (Wildman–Crippen LogP) is 4.69. The van der Waals surface area contributed by atoms with E-state index in [1.807, 2.05) is 35.0 Å². The Morgan fingerprint density at radius 1 is 1.12 bits per heavy atom. The lowest BCUT2D eigenvalue weighted by molar-refractivity contribution is 0.103. The topological polar surface area (TPSA) is 44.5 Å². The SMILES string of the molecule is CCCC(O)CN(CC)Cc1nn(-c2ccccc2)c2c1CN(Cc1cc(F)ccc1F)CC2. The summed E-state index contributed by atoms with van der Waals surface area (Å²) in [5.74, 6) is -0.801. The van der Waals surface area contributed by atoms with Crippen molar-refractivity contribution in [1.82, 2.24) is 19.6 Å². The minimum absolute atomic E-state index is 0.353. The molecule has 182 valence electrons. The molecule has 0 radical (unpaired) electrons. The molecule has 0 bridgehead atoms. The summed E-state index contributed by atoms with van der Waals surface area (Å²) < 4.78 is 30.0. The Balaban J connectivity index is 1.62. The fraction of sp³-hybridized carbons (Fsp3) is 0.444. The number of aromatic nitrogens is 2. The van der Waals surface area contributed by atoms with Gasteiger partial charge < -0.3 is 5.11 Å². The number of likely N-dealkylation sites (N-methyl/N-ethyl adjacent to an activating group) is 1. The first-order valence-corrected chi connectivity index (χ1v) is 12.2. The summed E-state index contributed by atoms with van der Waals surface area (Å²) in [4.78, 5) is 4.38. The Labute approximate surface area is 200 Å². The number of aliphatic hydroxyl groups excluding tert-OH is 1. The van der Waals surface area contributed by atoms with Crippen LogP contribution < -0.4 is 0 Å². The second-order valence-corrected chi connectivity index (χ2v) is 9.09. The molecule has 1 N–H and O–H groups in total. The fourth-order valence-electron chi connectivity index (χ4n) is 4.73. The van der Waals surface area contributed by atoms with Gasteiger partial charge in [-0.1, -0.05) is 38.5 Å². The molecular weight excluding hydrogens is 434 g/mol. The van der Waals surface area contributed by atoms with Gasteiger partial charge in [-0.2, -0.15) is 5.10 Å². The zero-order valence-corrected chi connectivity index (χ0v) is 20.1. The third-order valence-electron chi connectivity index (χ3n) is 6.53. The van der Waals surface area contributed by atoms with Crippen molar-refractivity contribution in [2.45, 2.75) is 58.8 Å². The molecule has 2 heterocycles. The third kappa shape index (κ3) is 5.71. The van der Waals surface area contributed by atoms with Crippen LogP contribution in [0.3, 0.4) is 0 Å². The molecule has 1 unspecified atom stereocenters. The zero-order chi connectivity index (χ0) is 24.1. The summed E-state index contributed by atoms with van der Waals surface area (Å²) in [6.07, 6.45) is 2.14. The van der Waals surface area contributed by atoms with E-state index >= 15 is 0 Å². The number of aliphatic hydroxyl groups is 1. The molecule has 0 saturated carbocycles. The molecule has 0 spiro atoms. The quantitative estimate of drug-likeness (QED) is 0.469. The van der Waals surface area contributed by atoms with Crippen molar-refractivity contribution >= 4 is 0 Å². The summed E-state index contributed by atoms with van der Waals surface area (Å²) in [6, 6.07) is 13.7. The van der Waals surface area contributed by atoms with Crippen molar-refractivity contribution in [3.05, 3.63) is 82.7 Å². The van der Waals surface area contributed by atoms with Gasteiger partial charge in [0.15, 0.2) is 0 Å². The number of halogens is 2. The van der Waals surface area contributed by atoms with Crippen LogP contribution in [-0.2, 0) is 26.1 Å². The van der Waals surface area contributed by atoms with Gasteiger partial charge in [-0.3, -0.25) is 9.80 Å². The van der Waals surface area contributed by atoms with Crippen LogP contribution in [0.1, 0.15) is 49.2 Å². The van der Waals surface area contributed by atoms with Gasteiger partial charge in [0.1, 0.15) is 11.6 Å². The molecule has 3 aromatic rings. The standard InChI is InChI=1S/C27H34F2N4O/c1-3-8-23(34)17-31(4-2)19-26-24-18-32(16-20-15-21(28)11-12-25(20)29)14-13-27(24)33(30-26)22-9-6-5-7-10-22/h5-7,9-12,15,23,34H,3-4,8,13-14,16-19H2,1-2H3. The molecule has 0 amide bonds. The van der Waals surface area contributed by atoms with E-state index in [1.165, 1.54) is 17.8 Å². The largest absolute Gasteiger partial charge is 0.392 e. The van der Waals surface area contributed by atoms with Gasteiger partial charge in [0, 0.05) is 50.3 Å². The van der Waals surface area contributed by atoms with E-state index in [-0.39, 0.29) is 11.9 Å². The van der Waals surface area contributed by atoms with Crippen LogP contribution in [0.5, 0.6) is 0 Å². The van der Waals surface area contributed by atoms with Gasteiger partial charge >= 0.3 is 0 Å². The predicted molar refractivity (Wildman–Crippen MR) is 130 cm³/mol. The molecule has 34 heavy (non-hydrogen) atoms. The third-order valence-corrected chi connectivity index (χ3v) is 6.53. The van der Waals surface area contributed by atoms with Crippen molar-refractivity contribution in [3.63, 3.8) is 0 Å². The Morgan fingerprint density at radius 3 is 2.65 bits per heavy atom. The second kappa shape index (κ2) is 11.2. The highest BCUT2D eigenvalue weighted by atomic mass is 19.1. The van der Waals surface area contributed by atoms with Gasteiger partial charge in [0.05, 0.1) is 23.2 Å². The first-order valence-electron chi connectivity index (χ1n) is 12.2. The molecule has 1 aromatic heterocycles. The summed E-state index contributed by atoms with van der Waals surface area (Å²) in [6.45, 7) is 7.96. The monoisotopic (exact) mass is 468 g/mol. The highest BCUT2D eigenvalue weighted by Gasteiger charge is 2.27.